The Hall–Kier alpha value is -2.64. The van der Waals surface area contributed by atoms with E-state index in [4.69, 9.17) is 9.47 Å². The van der Waals surface area contributed by atoms with Crippen molar-refractivity contribution in [2.24, 2.45) is 0 Å². The Morgan fingerprint density at radius 2 is 1.08 bits per heavy atom. The molecule has 0 aliphatic rings. The first-order valence-corrected chi connectivity index (χ1v) is 7.33. The third-order valence-electron chi connectivity index (χ3n) is 2.62. The molecule has 0 radical (unpaired) electrons. The molecule has 0 aromatic heterocycles. The van der Waals surface area contributed by atoms with Gasteiger partial charge in [0.1, 0.15) is 12.2 Å². The van der Waals surface area contributed by atoms with E-state index in [-0.39, 0.29) is 24.2 Å². The Balaban J connectivity index is 4.13. The van der Waals surface area contributed by atoms with Gasteiger partial charge in [0, 0.05) is 11.1 Å². The van der Waals surface area contributed by atoms with Crippen molar-refractivity contribution in [2.45, 2.75) is 39.9 Å². The maximum absolute atomic E-state index is 11.6. The second-order valence-electron chi connectivity index (χ2n) is 5.41. The van der Waals surface area contributed by atoms with Crippen LogP contribution in [0.25, 0.3) is 0 Å². The van der Waals surface area contributed by atoms with Crippen LogP contribution in [0, 0.1) is 0 Å². The Morgan fingerprint density at radius 3 is 1.33 bits per heavy atom. The van der Waals surface area contributed by atoms with E-state index in [0.717, 1.165) is 0 Å². The minimum Gasteiger partial charge on any atom is -0.457 e. The summed E-state index contributed by atoms with van der Waals surface area (Å²) in [6.07, 6.45) is -1.22. The van der Waals surface area contributed by atoms with Gasteiger partial charge in [-0.1, -0.05) is 13.2 Å². The molecular formula is C16H24N2O6. The zero-order valence-electron chi connectivity index (χ0n) is 14.4. The first-order chi connectivity index (χ1) is 11.0. The van der Waals surface area contributed by atoms with Crippen LogP contribution < -0.4 is 10.6 Å². The topological polar surface area (TPSA) is 111 Å². The lowest BCUT2D eigenvalue weighted by Gasteiger charge is -2.15. The van der Waals surface area contributed by atoms with Crippen LogP contribution in [0.5, 0.6) is 0 Å². The lowest BCUT2D eigenvalue weighted by Crippen LogP contribution is -2.45. The van der Waals surface area contributed by atoms with E-state index >= 15 is 0 Å². The number of ether oxygens (including phenoxy) is 2. The van der Waals surface area contributed by atoms with E-state index < -0.39 is 36.0 Å². The lowest BCUT2D eigenvalue weighted by atomic mass is 10.3. The molecule has 0 fully saturated rings. The Bertz CT molecular complexity index is 493. The van der Waals surface area contributed by atoms with Gasteiger partial charge in [0.25, 0.3) is 0 Å². The molecule has 0 aromatic rings. The molecule has 0 aliphatic heterocycles. The summed E-state index contributed by atoms with van der Waals surface area (Å²) in [6, 6.07) is 0. The monoisotopic (exact) mass is 340 g/mol. The molecule has 2 unspecified atom stereocenters. The predicted molar refractivity (Wildman–Crippen MR) is 86.8 cm³/mol. The zero-order chi connectivity index (χ0) is 18.9. The highest BCUT2D eigenvalue weighted by Crippen LogP contribution is 1.98. The maximum atomic E-state index is 11.6. The van der Waals surface area contributed by atoms with Crippen molar-refractivity contribution in [1.82, 2.24) is 10.6 Å². The van der Waals surface area contributed by atoms with Crippen molar-refractivity contribution >= 4 is 23.8 Å². The van der Waals surface area contributed by atoms with E-state index in [1.165, 1.54) is 13.8 Å². The van der Waals surface area contributed by atoms with Gasteiger partial charge in [0.2, 0.25) is 0 Å². The minimum atomic E-state index is -0.883. The van der Waals surface area contributed by atoms with Gasteiger partial charge in [0.05, 0.1) is 13.1 Å². The summed E-state index contributed by atoms with van der Waals surface area (Å²) in [5.41, 5.74) is 0.480. The van der Waals surface area contributed by atoms with Crippen LogP contribution in [0.15, 0.2) is 24.3 Å². The van der Waals surface area contributed by atoms with Gasteiger partial charge in [-0.05, 0) is 27.7 Å². The van der Waals surface area contributed by atoms with E-state index in [9.17, 15) is 19.2 Å². The number of nitrogens with one attached hydrogen (secondary N) is 2. The molecule has 0 saturated carbocycles. The molecule has 2 N–H and O–H groups in total. The number of carbonyl (C=O) groups excluding carboxylic acids is 4. The Kier molecular flexibility index (Phi) is 9.07. The van der Waals surface area contributed by atoms with E-state index in [1.54, 1.807) is 13.8 Å². The second kappa shape index (κ2) is 10.2. The fourth-order valence-corrected chi connectivity index (χ4v) is 1.28. The van der Waals surface area contributed by atoms with Crippen LogP contribution in [0.2, 0.25) is 0 Å². The normalized spacial score (nSPS) is 12.3. The Labute approximate surface area is 141 Å². The molecule has 24 heavy (non-hydrogen) atoms. The van der Waals surface area contributed by atoms with Crippen LogP contribution >= 0.6 is 0 Å². The average Bonchev–Trinajstić information content (AvgIpc) is 2.49. The van der Waals surface area contributed by atoms with Crippen molar-refractivity contribution < 1.29 is 28.7 Å². The highest BCUT2D eigenvalue weighted by Gasteiger charge is 2.18. The molecule has 0 rings (SSSR count). The average molecular weight is 340 g/mol. The van der Waals surface area contributed by atoms with Gasteiger partial charge < -0.3 is 20.1 Å². The first-order valence-electron chi connectivity index (χ1n) is 7.33. The summed E-state index contributed by atoms with van der Waals surface area (Å²) >= 11 is 0. The molecule has 8 nitrogen and oxygen atoms in total. The molecule has 0 aromatic carbocycles. The quantitative estimate of drug-likeness (QED) is 0.372. The highest BCUT2D eigenvalue weighted by molar-refractivity contribution is 6.35. The largest absolute Gasteiger partial charge is 0.457 e. The number of hydrogen-bond donors (Lipinski definition) is 2. The van der Waals surface area contributed by atoms with Crippen molar-refractivity contribution in [3.05, 3.63) is 24.3 Å². The van der Waals surface area contributed by atoms with Crippen LogP contribution in [-0.2, 0) is 28.7 Å². The van der Waals surface area contributed by atoms with Crippen LogP contribution in [-0.4, -0.2) is 49.1 Å². The standard InChI is InChI=1S/C16H24N2O6/c1-9(2)15(21)23-11(5)7-17-13(19)14(20)18-8-12(6)24-16(22)10(3)4/h11-12H,1,3,7-8H2,2,4-6H3,(H,17,19)(H,18,20). The van der Waals surface area contributed by atoms with Crippen molar-refractivity contribution in [1.29, 1.82) is 0 Å². The van der Waals surface area contributed by atoms with E-state index in [2.05, 4.69) is 23.8 Å². The van der Waals surface area contributed by atoms with E-state index in [1.807, 2.05) is 0 Å². The summed E-state index contributed by atoms with van der Waals surface area (Å²) in [7, 11) is 0. The highest BCUT2D eigenvalue weighted by atomic mass is 16.5. The van der Waals surface area contributed by atoms with Crippen molar-refractivity contribution in [2.75, 3.05) is 13.1 Å². The van der Waals surface area contributed by atoms with Gasteiger partial charge in [-0.3, -0.25) is 9.59 Å². The van der Waals surface area contributed by atoms with Crippen LogP contribution in [0.3, 0.4) is 0 Å². The molecule has 0 bridgehead atoms. The van der Waals surface area contributed by atoms with Gasteiger partial charge in [0.15, 0.2) is 0 Å². The van der Waals surface area contributed by atoms with E-state index in [0.29, 0.717) is 0 Å². The van der Waals surface area contributed by atoms with Gasteiger partial charge in [-0.25, -0.2) is 9.59 Å². The summed E-state index contributed by atoms with van der Waals surface area (Å²) < 4.78 is 9.91. The second-order valence-corrected chi connectivity index (χ2v) is 5.41. The number of carbonyl (C=O) groups is 4. The summed E-state index contributed by atoms with van der Waals surface area (Å²) in [4.78, 5) is 45.8. The number of hydrogen-bond acceptors (Lipinski definition) is 6. The van der Waals surface area contributed by atoms with Crippen LogP contribution in [0.1, 0.15) is 27.7 Å². The molecule has 134 valence electrons. The predicted octanol–water partition coefficient (Wildman–Crippen LogP) is 0.234. The fourth-order valence-electron chi connectivity index (χ4n) is 1.28. The first kappa shape index (κ1) is 21.4. The van der Waals surface area contributed by atoms with Crippen molar-refractivity contribution in [3.8, 4) is 0 Å². The third kappa shape index (κ3) is 8.72. The zero-order valence-corrected chi connectivity index (χ0v) is 14.4. The maximum Gasteiger partial charge on any atom is 0.333 e. The Morgan fingerprint density at radius 1 is 0.792 bits per heavy atom. The molecule has 2 amide bonds. The summed E-state index contributed by atoms with van der Waals surface area (Å²) in [5, 5.41) is 4.66. The SMILES string of the molecule is C=C(C)C(=O)OC(C)CNC(=O)C(=O)NCC(C)OC(=O)C(=C)C. The molecule has 2 atom stereocenters. The van der Waals surface area contributed by atoms with Gasteiger partial charge in [-0.15, -0.1) is 0 Å². The molecule has 0 spiro atoms. The number of rotatable bonds is 8. The minimum absolute atomic E-state index is 0.0223. The molecule has 0 heterocycles. The molecule has 0 saturated heterocycles. The summed E-state index contributed by atoms with van der Waals surface area (Å²) in [5.74, 6) is -2.91. The number of amides is 2. The fraction of sp³-hybridized carbons (Fsp3) is 0.500. The van der Waals surface area contributed by atoms with Crippen LogP contribution in [0.4, 0.5) is 0 Å². The third-order valence-corrected chi connectivity index (χ3v) is 2.62. The smallest absolute Gasteiger partial charge is 0.333 e. The molecular weight excluding hydrogens is 316 g/mol. The molecule has 8 heteroatoms. The van der Waals surface area contributed by atoms with Gasteiger partial charge >= 0.3 is 23.8 Å². The van der Waals surface area contributed by atoms with Gasteiger partial charge in [-0.2, -0.15) is 0 Å². The summed E-state index contributed by atoms with van der Waals surface area (Å²) in [6.45, 7) is 13.0. The number of esters is 2. The lowest BCUT2D eigenvalue weighted by molar-refractivity contribution is -0.146. The van der Waals surface area contributed by atoms with Crippen molar-refractivity contribution in [3.63, 3.8) is 0 Å². The molecule has 0 aliphatic carbocycles.